The average Bonchev–Trinajstić information content (AvgIpc) is 2.52. The van der Waals surface area contributed by atoms with Crippen LogP contribution in [0.5, 0.6) is 0 Å². The van der Waals surface area contributed by atoms with Crippen LogP contribution in [0.2, 0.25) is 0 Å². The van der Waals surface area contributed by atoms with E-state index in [9.17, 15) is 8.42 Å². The molecular formula is C10H19BrO2S. The second-order valence-corrected chi connectivity index (χ2v) is 7.73. The number of hydrogen-bond donors (Lipinski definition) is 0. The van der Waals surface area contributed by atoms with Crippen LogP contribution in [0.3, 0.4) is 0 Å². The minimum Gasteiger partial charge on any atom is -0.229 e. The molecule has 0 bridgehead atoms. The summed E-state index contributed by atoms with van der Waals surface area (Å²) in [6.07, 6.45) is 5.71. The van der Waals surface area contributed by atoms with Gasteiger partial charge in [-0.25, -0.2) is 8.42 Å². The molecule has 0 aliphatic heterocycles. The van der Waals surface area contributed by atoms with E-state index in [1.54, 1.807) is 6.92 Å². The van der Waals surface area contributed by atoms with E-state index in [-0.39, 0.29) is 5.75 Å². The molecule has 2 atom stereocenters. The molecular weight excluding hydrogens is 264 g/mol. The summed E-state index contributed by atoms with van der Waals surface area (Å²) >= 11 is 3.65. The highest BCUT2D eigenvalue weighted by atomic mass is 79.9. The second kappa shape index (κ2) is 5.50. The van der Waals surface area contributed by atoms with E-state index in [0.29, 0.717) is 16.5 Å². The fraction of sp³-hybridized carbons (Fsp3) is 1.00. The van der Waals surface area contributed by atoms with Gasteiger partial charge in [0.15, 0.2) is 0 Å². The predicted octanol–water partition coefficient (Wildman–Crippen LogP) is 2.76. The minimum absolute atomic E-state index is 0.287. The Kier molecular flexibility index (Phi) is 4.91. The van der Waals surface area contributed by atoms with Crippen LogP contribution >= 0.6 is 15.9 Å². The third kappa shape index (κ3) is 3.89. The standard InChI is InChI=1S/C10H19BrO2S/c1-2-14(12,13)8-4-6-9-5-3-7-10(9)11/h9-10H,2-8H2,1H3. The molecule has 2 nitrogen and oxygen atoms in total. The van der Waals surface area contributed by atoms with E-state index in [2.05, 4.69) is 15.9 Å². The molecule has 1 rings (SSSR count). The maximum absolute atomic E-state index is 11.2. The van der Waals surface area contributed by atoms with E-state index in [0.717, 1.165) is 12.8 Å². The summed E-state index contributed by atoms with van der Waals surface area (Å²) in [7, 11) is -2.74. The summed E-state index contributed by atoms with van der Waals surface area (Å²) < 4.78 is 22.5. The third-order valence-corrected chi connectivity index (χ3v) is 6.03. The van der Waals surface area contributed by atoms with Gasteiger partial charge in [0.05, 0.1) is 5.75 Å². The molecule has 0 saturated heterocycles. The first kappa shape index (κ1) is 12.5. The Morgan fingerprint density at radius 1 is 1.36 bits per heavy atom. The Morgan fingerprint density at radius 3 is 2.57 bits per heavy atom. The van der Waals surface area contributed by atoms with Gasteiger partial charge in [-0.15, -0.1) is 0 Å². The molecule has 0 aromatic rings. The van der Waals surface area contributed by atoms with Crippen LogP contribution in [0.1, 0.15) is 39.0 Å². The molecule has 84 valence electrons. The zero-order valence-corrected chi connectivity index (χ0v) is 11.1. The Bertz CT molecular complexity index is 261. The van der Waals surface area contributed by atoms with Crippen LogP contribution in [0.15, 0.2) is 0 Å². The van der Waals surface area contributed by atoms with E-state index in [4.69, 9.17) is 0 Å². The summed E-state index contributed by atoms with van der Waals surface area (Å²) in [5.74, 6) is 1.37. The van der Waals surface area contributed by atoms with Crippen molar-refractivity contribution in [1.29, 1.82) is 0 Å². The summed E-state index contributed by atoms with van der Waals surface area (Å²) in [4.78, 5) is 0.631. The third-order valence-electron chi connectivity index (χ3n) is 3.04. The highest BCUT2D eigenvalue weighted by molar-refractivity contribution is 9.09. The number of halogens is 1. The Morgan fingerprint density at radius 2 is 2.07 bits per heavy atom. The van der Waals surface area contributed by atoms with E-state index < -0.39 is 9.84 Å². The lowest BCUT2D eigenvalue weighted by Crippen LogP contribution is -2.12. The molecule has 0 aromatic carbocycles. The maximum atomic E-state index is 11.2. The summed E-state index contributed by atoms with van der Waals surface area (Å²) in [5.41, 5.74) is 0. The van der Waals surface area contributed by atoms with Gasteiger partial charge >= 0.3 is 0 Å². The van der Waals surface area contributed by atoms with Gasteiger partial charge in [0.1, 0.15) is 9.84 Å². The molecule has 0 N–H and O–H groups in total. The van der Waals surface area contributed by atoms with Gasteiger partial charge in [-0.3, -0.25) is 0 Å². The lowest BCUT2D eigenvalue weighted by atomic mass is 10.0. The Balaban J connectivity index is 2.21. The molecule has 0 amide bonds. The topological polar surface area (TPSA) is 34.1 Å². The minimum atomic E-state index is -2.74. The predicted molar refractivity (Wildman–Crippen MR) is 63.6 cm³/mol. The van der Waals surface area contributed by atoms with Crippen molar-refractivity contribution in [2.75, 3.05) is 11.5 Å². The van der Waals surface area contributed by atoms with Gasteiger partial charge in [0, 0.05) is 10.6 Å². The summed E-state index contributed by atoms with van der Waals surface area (Å²) in [6, 6.07) is 0. The summed E-state index contributed by atoms with van der Waals surface area (Å²) in [6.45, 7) is 1.72. The fourth-order valence-corrected chi connectivity index (χ4v) is 3.77. The number of hydrogen-bond acceptors (Lipinski definition) is 2. The van der Waals surface area contributed by atoms with E-state index in [1.165, 1.54) is 19.3 Å². The van der Waals surface area contributed by atoms with Gasteiger partial charge in [-0.2, -0.15) is 0 Å². The molecule has 4 heteroatoms. The Labute approximate surface area is 95.5 Å². The number of rotatable bonds is 5. The number of sulfone groups is 1. The average molecular weight is 283 g/mol. The van der Waals surface area contributed by atoms with E-state index in [1.807, 2.05) is 0 Å². The zero-order chi connectivity index (χ0) is 10.6. The van der Waals surface area contributed by atoms with Crippen molar-refractivity contribution in [3.63, 3.8) is 0 Å². The van der Waals surface area contributed by atoms with Crippen molar-refractivity contribution in [1.82, 2.24) is 0 Å². The van der Waals surface area contributed by atoms with Crippen molar-refractivity contribution in [3.05, 3.63) is 0 Å². The monoisotopic (exact) mass is 282 g/mol. The van der Waals surface area contributed by atoms with Crippen molar-refractivity contribution in [2.24, 2.45) is 5.92 Å². The Hall–Kier alpha value is 0.430. The van der Waals surface area contributed by atoms with Gasteiger partial charge in [0.25, 0.3) is 0 Å². The largest absolute Gasteiger partial charge is 0.229 e. The SMILES string of the molecule is CCS(=O)(=O)CCCC1CCCC1Br. The normalized spacial score (nSPS) is 28.1. The van der Waals surface area contributed by atoms with Gasteiger partial charge in [-0.05, 0) is 31.6 Å². The van der Waals surface area contributed by atoms with Crippen LogP contribution in [-0.4, -0.2) is 24.8 Å². The number of alkyl halides is 1. The van der Waals surface area contributed by atoms with Crippen molar-refractivity contribution < 1.29 is 8.42 Å². The van der Waals surface area contributed by atoms with Crippen LogP contribution in [0.4, 0.5) is 0 Å². The highest BCUT2D eigenvalue weighted by Gasteiger charge is 2.24. The molecule has 1 aliphatic rings. The van der Waals surface area contributed by atoms with Crippen molar-refractivity contribution in [3.8, 4) is 0 Å². The molecule has 0 heterocycles. The maximum Gasteiger partial charge on any atom is 0.150 e. The molecule has 0 aromatic heterocycles. The van der Waals surface area contributed by atoms with Crippen molar-refractivity contribution in [2.45, 2.75) is 43.9 Å². The lowest BCUT2D eigenvalue weighted by Gasteiger charge is -2.12. The first-order valence-corrected chi connectivity index (χ1v) is 8.13. The smallest absolute Gasteiger partial charge is 0.150 e. The molecule has 0 spiro atoms. The first-order chi connectivity index (χ1) is 6.55. The van der Waals surface area contributed by atoms with Crippen molar-refractivity contribution >= 4 is 25.8 Å². The highest BCUT2D eigenvalue weighted by Crippen LogP contribution is 2.34. The van der Waals surface area contributed by atoms with Crippen LogP contribution in [-0.2, 0) is 9.84 Å². The summed E-state index contributed by atoms with van der Waals surface area (Å²) in [5, 5.41) is 0. The van der Waals surface area contributed by atoms with E-state index >= 15 is 0 Å². The van der Waals surface area contributed by atoms with Gasteiger partial charge < -0.3 is 0 Å². The molecule has 0 radical (unpaired) electrons. The fourth-order valence-electron chi connectivity index (χ4n) is 2.03. The van der Waals surface area contributed by atoms with Gasteiger partial charge in [0.2, 0.25) is 0 Å². The first-order valence-electron chi connectivity index (χ1n) is 5.39. The second-order valence-electron chi connectivity index (χ2n) is 4.09. The molecule has 1 aliphatic carbocycles. The zero-order valence-electron chi connectivity index (χ0n) is 8.71. The molecule has 14 heavy (non-hydrogen) atoms. The molecule has 1 fully saturated rings. The van der Waals surface area contributed by atoms with Crippen LogP contribution in [0, 0.1) is 5.92 Å². The molecule has 2 unspecified atom stereocenters. The lowest BCUT2D eigenvalue weighted by molar-refractivity contribution is 0.507. The van der Waals surface area contributed by atoms with Gasteiger partial charge in [-0.1, -0.05) is 29.3 Å². The van der Waals surface area contributed by atoms with Crippen LogP contribution < -0.4 is 0 Å². The quantitative estimate of drug-likeness (QED) is 0.727. The van der Waals surface area contributed by atoms with Crippen LogP contribution in [0.25, 0.3) is 0 Å². The molecule has 1 saturated carbocycles.